The lowest BCUT2D eigenvalue weighted by atomic mass is 10.2. The maximum Gasteiger partial charge on any atom is 0.0250 e. The van der Waals surface area contributed by atoms with Crippen molar-refractivity contribution in [2.75, 3.05) is 14.1 Å². The van der Waals surface area contributed by atoms with Crippen molar-refractivity contribution in [1.29, 1.82) is 5.41 Å². The molecule has 1 rings (SSSR count). The quantitative estimate of drug-likeness (QED) is 0.712. The minimum atomic E-state index is 0.929. The average Bonchev–Trinajstić information content (AvgIpc) is 2.07. The Hall–Kier alpha value is -0.670. The Kier molecular flexibility index (Phi) is 6.61. The van der Waals surface area contributed by atoms with E-state index in [-0.39, 0.29) is 0 Å². The summed E-state index contributed by atoms with van der Waals surface area (Å²) in [6, 6.07) is 7.61. The number of benzene rings is 1. The Morgan fingerprint density at radius 3 is 2.00 bits per heavy atom. The van der Waals surface area contributed by atoms with Crippen molar-refractivity contribution in [1.82, 2.24) is 5.32 Å². The van der Waals surface area contributed by atoms with E-state index < -0.39 is 0 Å². The number of halogens is 1. The fourth-order valence-corrected chi connectivity index (χ4v) is 0.823. The van der Waals surface area contributed by atoms with Crippen LogP contribution in [0.15, 0.2) is 28.7 Å². The molecule has 0 saturated carbocycles. The van der Waals surface area contributed by atoms with Crippen molar-refractivity contribution >= 4 is 22.1 Å². The molecular weight excluding hydrogens is 216 g/mol. The molecule has 2 nitrogen and oxygen atoms in total. The van der Waals surface area contributed by atoms with Gasteiger partial charge in [0.15, 0.2) is 0 Å². The van der Waals surface area contributed by atoms with E-state index in [9.17, 15) is 0 Å². The molecule has 0 atom stereocenters. The number of hydrogen-bond donors (Lipinski definition) is 2. The number of nitrogens with one attached hydrogen (secondary N) is 2. The third-order valence-electron chi connectivity index (χ3n) is 1.04. The molecule has 0 saturated heterocycles. The van der Waals surface area contributed by atoms with Crippen LogP contribution in [0.1, 0.15) is 5.56 Å². The first-order chi connectivity index (χ1) is 5.74. The largest absolute Gasteiger partial charge is 0.323 e. The van der Waals surface area contributed by atoms with Gasteiger partial charge in [-0.3, -0.25) is 0 Å². The molecule has 1 aromatic carbocycles. The molecule has 0 spiro atoms. The lowest BCUT2D eigenvalue weighted by Crippen LogP contribution is -1.89. The van der Waals surface area contributed by atoms with Crippen molar-refractivity contribution in [2.24, 2.45) is 0 Å². The Labute approximate surface area is 81.6 Å². The Morgan fingerprint density at radius 1 is 1.25 bits per heavy atom. The van der Waals surface area contributed by atoms with Crippen molar-refractivity contribution in [3.05, 3.63) is 34.3 Å². The van der Waals surface area contributed by atoms with Gasteiger partial charge in [-0.05, 0) is 31.8 Å². The van der Waals surface area contributed by atoms with E-state index in [1.807, 2.05) is 38.4 Å². The molecule has 1 aromatic rings. The Balaban J connectivity index is 0.000000354. The van der Waals surface area contributed by atoms with E-state index in [2.05, 4.69) is 21.2 Å². The summed E-state index contributed by atoms with van der Waals surface area (Å²) in [5, 5.41) is 9.62. The molecule has 0 aromatic heterocycles. The summed E-state index contributed by atoms with van der Waals surface area (Å²) in [5.41, 5.74) is 0.929. The highest BCUT2D eigenvalue weighted by atomic mass is 79.9. The van der Waals surface area contributed by atoms with Gasteiger partial charge in [0, 0.05) is 10.7 Å². The summed E-state index contributed by atoms with van der Waals surface area (Å²) in [6.45, 7) is 0. The van der Waals surface area contributed by atoms with Crippen LogP contribution in [0.4, 0.5) is 0 Å². The van der Waals surface area contributed by atoms with Crippen molar-refractivity contribution in [2.45, 2.75) is 0 Å². The van der Waals surface area contributed by atoms with E-state index in [4.69, 9.17) is 5.41 Å². The first-order valence-corrected chi connectivity index (χ1v) is 4.38. The van der Waals surface area contributed by atoms with Crippen molar-refractivity contribution in [3.8, 4) is 0 Å². The van der Waals surface area contributed by atoms with Crippen LogP contribution < -0.4 is 5.32 Å². The van der Waals surface area contributed by atoms with Gasteiger partial charge in [0.05, 0.1) is 0 Å². The number of hydrogen-bond acceptors (Lipinski definition) is 2. The van der Waals surface area contributed by atoms with Gasteiger partial charge in [-0.1, -0.05) is 28.1 Å². The van der Waals surface area contributed by atoms with Gasteiger partial charge in [-0.15, -0.1) is 0 Å². The maximum atomic E-state index is 6.87. The Morgan fingerprint density at radius 2 is 1.67 bits per heavy atom. The third-order valence-corrected chi connectivity index (χ3v) is 1.57. The summed E-state index contributed by atoms with van der Waals surface area (Å²) >= 11 is 3.30. The van der Waals surface area contributed by atoms with Crippen LogP contribution in [0.5, 0.6) is 0 Å². The summed E-state index contributed by atoms with van der Waals surface area (Å²) in [7, 11) is 3.75. The topological polar surface area (TPSA) is 35.9 Å². The maximum absolute atomic E-state index is 6.87. The van der Waals surface area contributed by atoms with Crippen LogP contribution in [-0.4, -0.2) is 20.3 Å². The number of rotatable bonds is 1. The van der Waals surface area contributed by atoms with Gasteiger partial charge in [-0.2, -0.15) is 0 Å². The monoisotopic (exact) mass is 228 g/mol. The standard InChI is InChI=1S/C7H6BrN.C2H7N/c8-7-3-1-6(5-9)2-4-7;1-3-2/h1-5,9H;3H,1-2H3. The highest BCUT2D eigenvalue weighted by Gasteiger charge is 1.84. The second kappa shape index (κ2) is 7.00. The highest BCUT2D eigenvalue weighted by molar-refractivity contribution is 9.10. The lowest BCUT2D eigenvalue weighted by Gasteiger charge is -1.89. The van der Waals surface area contributed by atoms with Crippen LogP contribution in [0.25, 0.3) is 0 Å². The summed E-state index contributed by atoms with van der Waals surface area (Å²) in [5.74, 6) is 0. The molecule has 2 N–H and O–H groups in total. The molecular formula is C9H13BrN2. The van der Waals surface area contributed by atoms with Gasteiger partial charge < -0.3 is 10.7 Å². The minimum Gasteiger partial charge on any atom is -0.323 e. The summed E-state index contributed by atoms with van der Waals surface area (Å²) < 4.78 is 1.05. The molecule has 0 fully saturated rings. The summed E-state index contributed by atoms with van der Waals surface area (Å²) in [4.78, 5) is 0. The third kappa shape index (κ3) is 5.04. The van der Waals surface area contributed by atoms with Crippen LogP contribution in [-0.2, 0) is 0 Å². The van der Waals surface area contributed by atoms with Gasteiger partial charge in [0.2, 0.25) is 0 Å². The molecule has 3 heteroatoms. The van der Waals surface area contributed by atoms with Crippen LogP contribution >= 0.6 is 15.9 Å². The second-order valence-electron chi connectivity index (χ2n) is 2.20. The summed E-state index contributed by atoms with van der Waals surface area (Å²) in [6.07, 6.45) is 1.33. The fraction of sp³-hybridized carbons (Fsp3) is 0.222. The van der Waals surface area contributed by atoms with Crippen LogP contribution in [0.2, 0.25) is 0 Å². The zero-order valence-corrected chi connectivity index (χ0v) is 8.85. The second-order valence-corrected chi connectivity index (χ2v) is 3.11. The molecule has 0 aliphatic carbocycles. The molecule has 0 aliphatic rings. The predicted molar refractivity (Wildman–Crippen MR) is 57.0 cm³/mol. The molecule has 0 radical (unpaired) electrons. The molecule has 0 unspecified atom stereocenters. The zero-order valence-electron chi connectivity index (χ0n) is 7.26. The first kappa shape index (κ1) is 11.3. The fourth-order valence-electron chi connectivity index (χ4n) is 0.559. The SMILES string of the molecule is CNC.N=Cc1ccc(Br)cc1. The van der Waals surface area contributed by atoms with Gasteiger partial charge in [-0.25, -0.2) is 0 Å². The predicted octanol–water partition coefficient (Wildman–Crippen LogP) is 2.28. The van der Waals surface area contributed by atoms with E-state index in [0.717, 1.165) is 10.0 Å². The first-order valence-electron chi connectivity index (χ1n) is 3.59. The molecule has 0 amide bonds. The average molecular weight is 229 g/mol. The molecule has 12 heavy (non-hydrogen) atoms. The molecule has 0 heterocycles. The van der Waals surface area contributed by atoms with Crippen LogP contribution in [0.3, 0.4) is 0 Å². The van der Waals surface area contributed by atoms with Gasteiger partial charge >= 0.3 is 0 Å². The van der Waals surface area contributed by atoms with E-state index in [1.54, 1.807) is 0 Å². The van der Waals surface area contributed by atoms with Crippen LogP contribution in [0, 0.1) is 5.41 Å². The minimum absolute atomic E-state index is 0.929. The molecule has 0 aliphatic heterocycles. The van der Waals surface area contributed by atoms with E-state index >= 15 is 0 Å². The molecule has 66 valence electrons. The lowest BCUT2D eigenvalue weighted by molar-refractivity contribution is 1.02. The Bertz CT molecular complexity index is 218. The smallest absolute Gasteiger partial charge is 0.0250 e. The van der Waals surface area contributed by atoms with E-state index in [0.29, 0.717) is 0 Å². The highest BCUT2D eigenvalue weighted by Crippen LogP contribution is 2.08. The zero-order chi connectivity index (χ0) is 9.40. The van der Waals surface area contributed by atoms with E-state index in [1.165, 1.54) is 6.21 Å². The van der Waals surface area contributed by atoms with Gasteiger partial charge in [0.25, 0.3) is 0 Å². The van der Waals surface area contributed by atoms with Crippen molar-refractivity contribution in [3.63, 3.8) is 0 Å². The van der Waals surface area contributed by atoms with Crippen molar-refractivity contribution < 1.29 is 0 Å². The molecule has 0 bridgehead atoms. The normalized spacial score (nSPS) is 8.25. The van der Waals surface area contributed by atoms with Gasteiger partial charge in [0.1, 0.15) is 0 Å².